The summed E-state index contributed by atoms with van der Waals surface area (Å²) in [5.41, 5.74) is 0. The monoisotopic (exact) mass is 198 g/mol. The molecule has 0 heterocycles. The first-order valence-electron chi connectivity index (χ1n) is 2.50. The van der Waals surface area contributed by atoms with Crippen LogP contribution < -0.4 is 15.1 Å². The Morgan fingerprint density at radius 1 is 1.00 bits per heavy atom. The van der Waals surface area contributed by atoms with Crippen molar-refractivity contribution in [2.24, 2.45) is 0 Å². The Morgan fingerprint density at radius 2 is 1.50 bits per heavy atom. The van der Waals surface area contributed by atoms with Gasteiger partial charge in [0.05, 0.1) is 0 Å². The first-order chi connectivity index (χ1) is 4.30. The molecule has 0 aliphatic carbocycles. The molecule has 0 unspecified atom stereocenters. The molecular formula is C6H5NiO2P. The Labute approximate surface area is 70.7 Å². The molecule has 0 aromatic heterocycles. The van der Waals surface area contributed by atoms with Gasteiger partial charge in [0.15, 0.2) is 0 Å². The molecule has 0 fully saturated rings. The first kappa shape index (κ1) is 10.1. The van der Waals surface area contributed by atoms with E-state index in [0.29, 0.717) is 5.30 Å². The van der Waals surface area contributed by atoms with Crippen LogP contribution in [-0.4, -0.2) is 0 Å². The normalized spacial score (nSPS) is 9.10. The molecule has 0 spiro atoms. The van der Waals surface area contributed by atoms with Gasteiger partial charge in [0.1, 0.15) is 0 Å². The molecule has 0 N–H and O–H groups in total. The minimum Gasteiger partial charge on any atom is -0.838 e. The number of hydrogen-bond acceptors (Lipinski definition) is 2. The zero-order valence-electron chi connectivity index (χ0n) is 4.97. The zero-order valence-corrected chi connectivity index (χ0v) is 6.85. The van der Waals surface area contributed by atoms with Crippen molar-refractivity contribution >= 4 is 13.7 Å². The van der Waals surface area contributed by atoms with E-state index in [-0.39, 0.29) is 16.5 Å². The van der Waals surface area contributed by atoms with Crippen molar-refractivity contribution in [3.8, 4) is 0 Å². The Bertz CT molecular complexity index is 178. The molecule has 1 aromatic carbocycles. The SMILES string of the molecule is [Ni+2].[O-]P([O-])c1ccccc1. The summed E-state index contributed by atoms with van der Waals surface area (Å²) in [6.45, 7) is 0. The topological polar surface area (TPSA) is 46.1 Å². The second-order valence-electron chi connectivity index (χ2n) is 1.59. The van der Waals surface area contributed by atoms with Gasteiger partial charge in [-0.1, -0.05) is 35.6 Å². The molecule has 0 atom stereocenters. The predicted octanol–water partition coefficient (Wildman–Crippen LogP) is -0.658. The van der Waals surface area contributed by atoms with Gasteiger partial charge in [0, 0.05) is 0 Å². The van der Waals surface area contributed by atoms with Crippen molar-refractivity contribution in [3.05, 3.63) is 30.3 Å². The Kier molecular flexibility index (Phi) is 4.85. The van der Waals surface area contributed by atoms with E-state index in [0.717, 1.165) is 0 Å². The van der Waals surface area contributed by atoms with Gasteiger partial charge in [-0.05, 0) is 0 Å². The molecular weight excluding hydrogens is 194 g/mol. The summed E-state index contributed by atoms with van der Waals surface area (Å²) in [5.74, 6) is 0. The minimum atomic E-state index is -2.40. The summed E-state index contributed by atoms with van der Waals surface area (Å²) in [7, 11) is -2.40. The summed E-state index contributed by atoms with van der Waals surface area (Å²) < 4.78 is 0. The molecule has 0 amide bonds. The smallest absolute Gasteiger partial charge is 0.838 e. The van der Waals surface area contributed by atoms with Crippen molar-refractivity contribution in [2.75, 3.05) is 0 Å². The summed E-state index contributed by atoms with van der Waals surface area (Å²) in [4.78, 5) is 20.5. The molecule has 56 valence electrons. The predicted molar refractivity (Wildman–Crippen MR) is 33.0 cm³/mol. The van der Waals surface area contributed by atoms with Crippen molar-refractivity contribution < 1.29 is 26.3 Å². The Morgan fingerprint density at radius 3 is 1.80 bits per heavy atom. The van der Waals surface area contributed by atoms with E-state index < -0.39 is 8.38 Å². The van der Waals surface area contributed by atoms with Crippen LogP contribution in [0.5, 0.6) is 0 Å². The fourth-order valence-electron chi connectivity index (χ4n) is 0.550. The molecule has 4 heteroatoms. The van der Waals surface area contributed by atoms with Gasteiger partial charge >= 0.3 is 16.5 Å². The molecule has 0 aliphatic heterocycles. The third-order valence-corrected chi connectivity index (χ3v) is 1.69. The van der Waals surface area contributed by atoms with Gasteiger partial charge in [0.2, 0.25) is 0 Å². The van der Waals surface area contributed by atoms with Gasteiger partial charge in [-0.3, -0.25) is 8.38 Å². The van der Waals surface area contributed by atoms with Crippen LogP contribution in [0.1, 0.15) is 0 Å². The first-order valence-corrected chi connectivity index (χ1v) is 3.68. The maximum absolute atomic E-state index is 10.2. The van der Waals surface area contributed by atoms with Crippen LogP contribution in [0.2, 0.25) is 0 Å². The largest absolute Gasteiger partial charge is 2.00 e. The summed E-state index contributed by atoms with van der Waals surface area (Å²) in [6, 6.07) is 8.29. The summed E-state index contributed by atoms with van der Waals surface area (Å²) in [5, 5.41) is 0.368. The third-order valence-electron chi connectivity index (χ3n) is 0.967. The molecule has 0 aliphatic rings. The van der Waals surface area contributed by atoms with Crippen molar-refractivity contribution in [2.45, 2.75) is 0 Å². The molecule has 0 saturated heterocycles. The van der Waals surface area contributed by atoms with Crippen LogP contribution in [0.15, 0.2) is 30.3 Å². The van der Waals surface area contributed by atoms with E-state index in [1.54, 1.807) is 30.3 Å². The van der Waals surface area contributed by atoms with Crippen LogP contribution in [0, 0.1) is 0 Å². The van der Waals surface area contributed by atoms with Gasteiger partial charge in [-0.2, -0.15) is 0 Å². The molecule has 0 radical (unpaired) electrons. The van der Waals surface area contributed by atoms with Crippen molar-refractivity contribution in [3.63, 3.8) is 0 Å². The summed E-state index contributed by atoms with van der Waals surface area (Å²) in [6.07, 6.45) is 0. The Balaban J connectivity index is 0.000000810. The van der Waals surface area contributed by atoms with Gasteiger partial charge < -0.3 is 9.79 Å². The third kappa shape index (κ3) is 2.76. The van der Waals surface area contributed by atoms with Crippen LogP contribution in [0.4, 0.5) is 0 Å². The van der Waals surface area contributed by atoms with E-state index in [1.807, 2.05) is 0 Å². The second kappa shape index (κ2) is 4.81. The van der Waals surface area contributed by atoms with E-state index in [2.05, 4.69) is 0 Å². The molecule has 1 rings (SSSR count). The van der Waals surface area contributed by atoms with Crippen molar-refractivity contribution in [1.29, 1.82) is 0 Å². The number of rotatable bonds is 1. The summed E-state index contributed by atoms with van der Waals surface area (Å²) >= 11 is 0. The minimum absolute atomic E-state index is 0. The standard InChI is InChI=1S/C6H5O2P.Ni/c7-9(8)6-4-2-1-3-5-6;/h1-5H;/q-2;+2. The quantitative estimate of drug-likeness (QED) is 0.445. The van der Waals surface area contributed by atoms with E-state index >= 15 is 0 Å². The van der Waals surface area contributed by atoms with Crippen LogP contribution in [0.3, 0.4) is 0 Å². The van der Waals surface area contributed by atoms with Crippen LogP contribution in [0.25, 0.3) is 0 Å². The van der Waals surface area contributed by atoms with E-state index in [9.17, 15) is 9.79 Å². The fraction of sp³-hybridized carbons (Fsp3) is 0. The van der Waals surface area contributed by atoms with E-state index in [1.165, 1.54) is 0 Å². The molecule has 0 saturated carbocycles. The fourth-order valence-corrected chi connectivity index (χ4v) is 0.965. The van der Waals surface area contributed by atoms with Crippen molar-refractivity contribution in [1.82, 2.24) is 0 Å². The Hall–Kier alpha value is 0.0635. The van der Waals surface area contributed by atoms with Crippen LogP contribution in [-0.2, 0) is 16.5 Å². The van der Waals surface area contributed by atoms with Crippen LogP contribution >= 0.6 is 8.38 Å². The molecule has 1 aromatic rings. The van der Waals surface area contributed by atoms with E-state index in [4.69, 9.17) is 0 Å². The van der Waals surface area contributed by atoms with Gasteiger partial charge in [-0.25, -0.2) is 0 Å². The maximum atomic E-state index is 10.2. The molecule has 2 nitrogen and oxygen atoms in total. The average Bonchev–Trinajstić information content (AvgIpc) is 1.90. The average molecular weight is 199 g/mol. The van der Waals surface area contributed by atoms with Gasteiger partial charge in [0.25, 0.3) is 0 Å². The molecule has 0 bridgehead atoms. The zero-order chi connectivity index (χ0) is 6.69. The molecule has 10 heavy (non-hydrogen) atoms. The number of hydrogen-bond donors (Lipinski definition) is 0. The number of benzene rings is 1. The maximum Gasteiger partial charge on any atom is 2.00 e. The van der Waals surface area contributed by atoms with Gasteiger partial charge in [-0.15, -0.1) is 0 Å². The second-order valence-corrected chi connectivity index (χ2v) is 2.62.